The van der Waals surface area contributed by atoms with Crippen LogP contribution in [0.25, 0.3) is 0 Å². The first-order valence-corrected chi connectivity index (χ1v) is 9.76. The van der Waals surface area contributed by atoms with Gasteiger partial charge in [-0.2, -0.15) is 13.2 Å². The van der Waals surface area contributed by atoms with Crippen LogP contribution in [0.5, 0.6) is 11.5 Å². The van der Waals surface area contributed by atoms with Crippen LogP contribution >= 0.6 is 11.6 Å². The zero-order chi connectivity index (χ0) is 21.7. The highest BCUT2D eigenvalue weighted by Crippen LogP contribution is 2.25. The molecule has 0 aliphatic carbocycles. The number of alkyl halides is 3. The second-order valence-corrected chi connectivity index (χ2v) is 7.39. The third-order valence-electron chi connectivity index (χ3n) is 4.80. The van der Waals surface area contributed by atoms with Crippen LogP contribution in [-0.2, 0) is 6.54 Å². The summed E-state index contributed by atoms with van der Waals surface area (Å²) in [6.07, 6.45) is -4.40. The molecule has 30 heavy (non-hydrogen) atoms. The molecule has 1 heterocycles. The Bertz CT molecular complexity index is 867. The number of carbonyl (C=O) groups is 1. The van der Waals surface area contributed by atoms with Crippen molar-refractivity contribution in [2.75, 3.05) is 39.9 Å². The molecule has 2 aromatic carbocycles. The van der Waals surface area contributed by atoms with Gasteiger partial charge in [0.05, 0.1) is 7.11 Å². The number of hydrogen-bond donors (Lipinski definition) is 0. The summed E-state index contributed by atoms with van der Waals surface area (Å²) in [6.45, 7) is 1.78. The largest absolute Gasteiger partial charge is 0.496 e. The summed E-state index contributed by atoms with van der Waals surface area (Å²) in [4.78, 5) is 16.6. The van der Waals surface area contributed by atoms with Crippen LogP contribution < -0.4 is 9.47 Å². The van der Waals surface area contributed by atoms with E-state index in [1.165, 1.54) is 24.3 Å². The molecule has 9 heteroatoms. The van der Waals surface area contributed by atoms with E-state index < -0.39 is 12.8 Å². The maximum atomic E-state index is 12.7. The minimum Gasteiger partial charge on any atom is -0.496 e. The molecular formula is C21H22ClF3N2O3. The number of amides is 1. The molecule has 1 fully saturated rings. The SMILES string of the molecule is COc1ccc(Cl)cc1CN1CCN(C(=O)c2ccc(OCC(F)(F)F)cc2)CC1. The Balaban J connectivity index is 1.53. The lowest BCUT2D eigenvalue weighted by Gasteiger charge is -2.35. The van der Waals surface area contributed by atoms with Crippen LogP contribution in [0.1, 0.15) is 15.9 Å². The van der Waals surface area contributed by atoms with Crippen LogP contribution in [0.15, 0.2) is 42.5 Å². The third-order valence-corrected chi connectivity index (χ3v) is 5.03. The maximum absolute atomic E-state index is 12.7. The number of piperazine rings is 1. The Hall–Kier alpha value is -2.45. The van der Waals surface area contributed by atoms with Gasteiger partial charge >= 0.3 is 6.18 Å². The van der Waals surface area contributed by atoms with Crippen molar-refractivity contribution in [1.82, 2.24) is 9.80 Å². The molecule has 3 rings (SSSR count). The number of benzene rings is 2. The lowest BCUT2D eigenvalue weighted by Crippen LogP contribution is -2.48. The standard InChI is InChI=1S/C21H22ClF3N2O3/c1-29-19-7-4-17(22)12-16(19)13-26-8-10-27(11-9-26)20(28)15-2-5-18(6-3-15)30-14-21(23,24)25/h2-7,12H,8-11,13-14H2,1H3. The van der Waals surface area contributed by atoms with Crippen molar-refractivity contribution in [3.05, 3.63) is 58.6 Å². The molecule has 0 aromatic heterocycles. The van der Waals surface area contributed by atoms with Gasteiger partial charge in [0.2, 0.25) is 0 Å². The fourth-order valence-corrected chi connectivity index (χ4v) is 3.46. The number of hydrogen-bond acceptors (Lipinski definition) is 4. The molecule has 0 N–H and O–H groups in total. The lowest BCUT2D eigenvalue weighted by molar-refractivity contribution is -0.153. The molecule has 0 spiro atoms. The van der Waals surface area contributed by atoms with Gasteiger partial charge < -0.3 is 14.4 Å². The molecule has 0 radical (unpaired) electrons. The molecular weight excluding hydrogens is 421 g/mol. The zero-order valence-corrected chi connectivity index (χ0v) is 17.2. The predicted molar refractivity (Wildman–Crippen MR) is 107 cm³/mol. The molecule has 1 saturated heterocycles. The summed E-state index contributed by atoms with van der Waals surface area (Å²) < 4.78 is 46.7. The van der Waals surface area contributed by atoms with Crippen molar-refractivity contribution in [1.29, 1.82) is 0 Å². The van der Waals surface area contributed by atoms with E-state index in [4.69, 9.17) is 16.3 Å². The van der Waals surface area contributed by atoms with Gasteiger partial charge in [-0.1, -0.05) is 11.6 Å². The molecule has 0 atom stereocenters. The van der Waals surface area contributed by atoms with Crippen molar-refractivity contribution in [2.24, 2.45) is 0 Å². The summed E-state index contributed by atoms with van der Waals surface area (Å²) in [5.41, 5.74) is 1.40. The van der Waals surface area contributed by atoms with Gasteiger partial charge in [-0.25, -0.2) is 0 Å². The summed E-state index contributed by atoms with van der Waals surface area (Å²) in [5, 5.41) is 0.641. The molecule has 0 bridgehead atoms. The summed E-state index contributed by atoms with van der Waals surface area (Å²) >= 11 is 6.09. The van der Waals surface area contributed by atoms with Gasteiger partial charge in [0, 0.05) is 48.9 Å². The monoisotopic (exact) mass is 442 g/mol. The van der Waals surface area contributed by atoms with Crippen LogP contribution in [0.3, 0.4) is 0 Å². The van der Waals surface area contributed by atoms with Crippen molar-refractivity contribution in [3.63, 3.8) is 0 Å². The van der Waals surface area contributed by atoms with Gasteiger partial charge in [-0.15, -0.1) is 0 Å². The fourth-order valence-electron chi connectivity index (χ4n) is 3.26. The van der Waals surface area contributed by atoms with Crippen molar-refractivity contribution >= 4 is 17.5 Å². The van der Waals surface area contributed by atoms with Crippen molar-refractivity contribution in [3.8, 4) is 11.5 Å². The molecule has 1 aliphatic rings. The minimum atomic E-state index is -4.40. The summed E-state index contributed by atoms with van der Waals surface area (Å²) in [5.74, 6) is 0.687. The number of methoxy groups -OCH3 is 1. The Morgan fingerprint density at radius 2 is 1.73 bits per heavy atom. The molecule has 1 amide bonds. The van der Waals surface area contributed by atoms with E-state index in [0.29, 0.717) is 43.3 Å². The quantitative estimate of drug-likeness (QED) is 0.671. The molecule has 1 aliphatic heterocycles. The maximum Gasteiger partial charge on any atom is 0.422 e. The first-order valence-electron chi connectivity index (χ1n) is 9.39. The van der Waals surface area contributed by atoms with Gasteiger partial charge in [-0.3, -0.25) is 9.69 Å². The fraction of sp³-hybridized carbons (Fsp3) is 0.381. The van der Waals surface area contributed by atoms with E-state index in [-0.39, 0.29) is 11.7 Å². The number of ether oxygens (including phenoxy) is 2. The van der Waals surface area contributed by atoms with E-state index in [0.717, 1.165) is 11.3 Å². The predicted octanol–water partition coefficient (Wildman–Crippen LogP) is 4.25. The number of halogens is 4. The normalized spacial score (nSPS) is 15.2. The van der Waals surface area contributed by atoms with Crippen molar-refractivity contribution in [2.45, 2.75) is 12.7 Å². The molecule has 162 valence electrons. The average molecular weight is 443 g/mol. The highest BCUT2D eigenvalue weighted by atomic mass is 35.5. The lowest BCUT2D eigenvalue weighted by atomic mass is 10.1. The second-order valence-electron chi connectivity index (χ2n) is 6.95. The summed E-state index contributed by atoms with van der Waals surface area (Å²) in [7, 11) is 1.61. The van der Waals surface area contributed by atoms with E-state index >= 15 is 0 Å². The van der Waals surface area contributed by atoms with Gasteiger partial charge in [0.15, 0.2) is 6.61 Å². The Morgan fingerprint density at radius 1 is 1.07 bits per heavy atom. The summed E-state index contributed by atoms with van der Waals surface area (Å²) in [6, 6.07) is 11.2. The van der Waals surface area contributed by atoms with Crippen LogP contribution in [0.2, 0.25) is 5.02 Å². The molecule has 0 unspecified atom stereocenters. The molecule has 5 nitrogen and oxygen atoms in total. The first-order chi connectivity index (χ1) is 14.2. The zero-order valence-electron chi connectivity index (χ0n) is 16.4. The number of carbonyl (C=O) groups excluding carboxylic acids is 1. The van der Waals surface area contributed by atoms with Gasteiger partial charge in [-0.05, 0) is 42.5 Å². The Kier molecular flexibility index (Phi) is 7.10. The number of nitrogens with zero attached hydrogens (tertiary/aromatic N) is 2. The Labute approximate surface area is 177 Å². The molecule has 0 saturated carbocycles. The second kappa shape index (κ2) is 9.57. The van der Waals surface area contributed by atoms with Crippen LogP contribution in [0.4, 0.5) is 13.2 Å². The Morgan fingerprint density at radius 3 is 2.33 bits per heavy atom. The first kappa shape index (κ1) is 22.2. The van der Waals surface area contributed by atoms with Gasteiger partial charge in [0.1, 0.15) is 11.5 Å². The highest BCUT2D eigenvalue weighted by Gasteiger charge is 2.28. The smallest absolute Gasteiger partial charge is 0.422 e. The van der Waals surface area contributed by atoms with Crippen LogP contribution in [0, 0.1) is 0 Å². The van der Waals surface area contributed by atoms with E-state index in [9.17, 15) is 18.0 Å². The van der Waals surface area contributed by atoms with Crippen LogP contribution in [-0.4, -0.2) is 61.8 Å². The van der Waals surface area contributed by atoms with Gasteiger partial charge in [0.25, 0.3) is 5.91 Å². The minimum absolute atomic E-state index is 0.0733. The van der Waals surface area contributed by atoms with E-state index in [2.05, 4.69) is 9.64 Å². The number of rotatable bonds is 6. The van der Waals surface area contributed by atoms with Crippen molar-refractivity contribution < 1.29 is 27.4 Å². The highest BCUT2D eigenvalue weighted by molar-refractivity contribution is 6.30. The average Bonchev–Trinajstić information content (AvgIpc) is 2.72. The van der Waals surface area contributed by atoms with E-state index in [1.807, 2.05) is 12.1 Å². The third kappa shape index (κ3) is 6.03. The topological polar surface area (TPSA) is 42.0 Å². The van der Waals surface area contributed by atoms with E-state index in [1.54, 1.807) is 18.1 Å². The molecule has 2 aromatic rings.